The van der Waals surface area contributed by atoms with E-state index in [0.29, 0.717) is 25.6 Å². The van der Waals surface area contributed by atoms with Crippen LogP contribution in [0, 0.1) is 12.8 Å². The van der Waals surface area contributed by atoms with Gasteiger partial charge in [0.05, 0.1) is 10.7 Å². The molecule has 2 N–H and O–H groups in total. The van der Waals surface area contributed by atoms with E-state index in [2.05, 4.69) is 31.0 Å². The molecule has 0 saturated carbocycles. The average molecular weight is 346 g/mol. The van der Waals surface area contributed by atoms with E-state index in [1.807, 2.05) is 30.0 Å². The largest absolute Gasteiger partial charge is 0.336 e. The van der Waals surface area contributed by atoms with E-state index >= 15 is 0 Å². The van der Waals surface area contributed by atoms with Crippen LogP contribution < -0.4 is 5.73 Å². The third-order valence-electron chi connectivity index (χ3n) is 3.82. The molecule has 1 aromatic heterocycles. The predicted molar refractivity (Wildman–Crippen MR) is 100 cm³/mol. The molecule has 4 nitrogen and oxygen atoms in total. The number of rotatable bonds is 8. The van der Waals surface area contributed by atoms with Gasteiger partial charge in [-0.1, -0.05) is 44.2 Å². The summed E-state index contributed by atoms with van der Waals surface area (Å²) in [6, 6.07) is 10.2. The highest BCUT2D eigenvalue weighted by molar-refractivity contribution is 7.13. The first-order valence-corrected chi connectivity index (χ1v) is 9.32. The summed E-state index contributed by atoms with van der Waals surface area (Å²) in [6.45, 7) is 7.97. The number of hydrogen-bond donors (Lipinski definition) is 1. The summed E-state index contributed by atoms with van der Waals surface area (Å²) < 4.78 is 0. The Hall–Kier alpha value is -1.72. The van der Waals surface area contributed by atoms with Crippen molar-refractivity contribution in [2.45, 2.75) is 33.6 Å². The smallest absolute Gasteiger partial charge is 0.265 e. The molecule has 2 rings (SSSR count). The quantitative estimate of drug-likeness (QED) is 0.798. The molecule has 0 spiro atoms. The highest BCUT2D eigenvalue weighted by Gasteiger charge is 2.21. The molecule has 1 aromatic carbocycles. The molecule has 130 valence electrons. The van der Waals surface area contributed by atoms with Crippen LogP contribution in [-0.2, 0) is 12.8 Å². The first-order chi connectivity index (χ1) is 11.5. The lowest BCUT2D eigenvalue weighted by Gasteiger charge is -2.21. The van der Waals surface area contributed by atoms with Crippen LogP contribution in [-0.4, -0.2) is 35.4 Å². The van der Waals surface area contributed by atoms with Crippen LogP contribution >= 0.6 is 11.3 Å². The molecule has 0 atom stereocenters. The van der Waals surface area contributed by atoms with Crippen molar-refractivity contribution < 1.29 is 4.79 Å². The monoisotopic (exact) mass is 345 g/mol. The van der Waals surface area contributed by atoms with E-state index in [9.17, 15) is 4.79 Å². The predicted octanol–water partition coefficient (Wildman–Crippen LogP) is 3.29. The topological polar surface area (TPSA) is 59.2 Å². The zero-order chi connectivity index (χ0) is 17.5. The zero-order valence-corrected chi connectivity index (χ0v) is 15.6. The molecular weight excluding hydrogens is 318 g/mol. The third kappa shape index (κ3) is 5.14. The zero-order valence-electron chi connectivity index (χ0n) is 14.8. The molecule has 2 aromatic rings. The van der Waals surface area contributed by atoms with Crippen molar-refractivity contribution in [3.05, 3.63) is 51.5 Å². The number of nitrogens with two attached hydrogens (primary N) is 1. The number of benzene rings is 1. The Labute approximate surface area is 148 Å². The summed E-state index contributed by atoms with van der Waals surface area (Å²) in [5, 5.41) is 1.04. The van der Waals surface area contributed by atoms with Crippen LogP contribution in [0.4, 0.5) is 0 Å². The minimum atomic E-state index is 0.0568. The van der Waals surface area contributed by atoms with Gasteiger partial charge in [0.1, 0.15) is 4.88 Å². The lowest BCUT2D eigenvalue weighted by atomic mass is 10.1. The maximum absolute atomic E-state index is 12.9. The number of carbonyl (C=O) groups is 1. The van der Waals surface area contributed by atoms with E-state index in [1.165, 1.54) is 16.9 Å². The van der Waals surface area contributed by atoms with Gasteiger partial charge in [0.25, 0.3) is 5.91 Å². The van der Waals surface area contributed by atoms with Gasteiger partial charge >= 0.3 is 0 Å². The van der Waals surface area contributed by atoms with Crippen molar-refractivity contribution in [3.63, 3.8) is 0 Å². The third-order valence-corrected chi connectivity index (χ3v) is 4.99. The summed E-state index contributed by atoms with van der Waals surface area (Å²) in [6.07, 6.45) is 1.75. The van der Waals surface area contributed by atoms with E-state index in [0.717, 1.165) is 28.4 Å². The fourth-order valence-electron chi connectivity index (χ4n) is 2.61. The van der Waals surface area contributed by atoms with Gasteiger partial charge in [-0.25, -0.2) is 4.98 Å². The SMILES string of the molecule is Cc1nc(CC(C)C)sc1C(=O)N(CCN)CCc1ccccc1. The van der Waals surface area contributed by atoms with E-state index in [4.69, 9.17) is 5.73 Å². The Morgan fingerprint density at radius 2 is 1.96 bits per heavy atom. The molecule has 0 unspecified atom stereocenters. The van der Waals surface area contributed by atoms with E-state index in [-0.39, 0.29) is 5.91 Å². The van der Waals surface area contributed by atoms with Crippen LogP contribution in [0.2, 0.25) is 0 Å². The van der Waals surface area contributed by atoms with Crippen molar-refractivity contribution in [3.8, 4) is 0 Å². The van der Waals surface area contributed by atoms with Gasteiger partial charge in [0, 0.05) is 26.1 Å². The standard InChI is InChI=1S/C19H27N3OS/c1-14(2)13-17-21-15(3)18(24-17)19(23)22(12-10-20)11-9-16-7-5-4-6-8-16/h4-8,14H,9-13,20H2,1-3H3. The summed E-state index contributed by atoms with van der Waals surface area (Å²) >= 11 is 1.53. The van der Waals surface area contributed by atoms with Gasteiger partial charge < -0.3 is 10.6 Å². The van der Waals surface area contributed by atoms with Crippen molar-refractivity contribution in [2.75, 3.05) is 19.6 Å². The van der Waals surface area contributed by atoms with Crippen LogP contribution in [0.3, 0.4) is 0 Å². The number of amides is 1. The maximum atomic E-state index is 12.9. The number of thiazole rings is 1. The molecule has 0 fully saturated rings. The second-order valence-electron chi connectivity index (χ2n) is 6.44. The van der Waals surface area contributed by atoms with Crippen molar-refractivity contribution in [1.82, 2.24) is 9.88 Å². The Morgan fingerprint density at radius 1 is 1.25 bits per heavy atom. The Kier molecular flexibility index (Phi) is 6.94. The summed E-state index contributed by atoms with van der Waals surface area (Å²) in [5.74, 6) is 0.595. The molecule has 0 aliphatic heterocycles. The van der Waals surface area contributed by atoms with E-state index < -0.39 is 0 Å². The van der Waals surface area contributed by atoms with Crippen molar-refractivity contribution >= 4 is 17.2 Å². The Bertz CT molecular complexity index is 652. The molecule has 0 radical (unpaired) electrons. The van der Waals surface area contributed by atoms with Crippen molar-refractivity contribution in [2.24, 2.45) is 11.7 Å². The van der Waals surface area contributed by atoms with Gasteiger partial charge in [-0.2, -0.15) is 0 Å². The van der Waals surface area contributed by atoms with Crippen LogP contribution in [0.1, 0.15) is 39.8 Å². The lowest BCUT2D eigenvalue weighted by Crippen LogP contribution is -2.36. The lowest BCUT2D eigenvalue weighted by molar-refractivity contribution is 0.0766. The molecule has 0 bridgehead atoms. The minimum absolute atomic E-state index is 0.0568. The van der Waals surface area contributed by atoms with Gasteiger partial charge in [0.2, 0.25) is 0 Å². The van der Waals surface area contributed by atoms with Gasteiger partial charge in [0.15, 0.2) is 0 Å². The summed E-state index contributed by atoms with van der Waals surface area (Å²) in [7, 11) is 0. The number of aryl methyl sites for hydroxylation is 1. The molecule has 5 heteroatoms. The maximum Gasteiger partial charge on any atom is 0.265 e. The summed E-state index contributed by atoms with van der Waals surface area (Å²) in [4.78, 5) is 20.1. The minimum Gasteiger partial charge on any atom is -0.336 e. The molecule has 24 heavy (non-hydrogen) atoms. The first kappa shape index (κ1) is 18.6. The Balaban J connectivity index is 2.09. The number of hydrogen-bond acceptors (Lipinski definition) is 4. The number of nitrogens with zero attached hydrogens (tertiary/aromatic N) is 2. The molecule has 1 heterocycles. The van der Waals surface area contributed by atoms with Crippen LogP contribution in [0.25, 0.3) is 0 Å². The highest BCUT2D eigenvalue weighted by atomic mass is 32.1. The number of aromatic nitrogens is 1. The van der Waals surface area contributed by atoms with Gasteiger partial charge in [-0.05, 0) is 24.8 Å². The van der Waals surface area contributed by atoms with Crippen molar-refractivity contribution in [1.29, 1.82) is 0 Å². The summed E-state index contributed by atoms with van der Waals surface area (Å²) in [5.41, 5.74) is 7.78. The van der Waals surface area contributed by atoms with Gasteiger partial charge in [-0.3, -0.25) is 4.79 Å². The second-order valence-corrected chi connectivity index (χ2v) is 7.52. The Morgan fingerprint density at radius 3 is 2.58 bits per heavy atom. The van der Waals surface area contributed by atoms with Crippen LogP contribution in [0.5, 0.6) is 0 Å². The second kappa shape index (κ2) is 8.94. The van der Waals surface area contributed by atoms with Gasteiger partial charge in [-0.15, -0.1) is 11.3 Å². The molecule has 0 aliphatic rings. The van der Waals surface area contributed by atoms with E-state index in [1.54, 1.807) is 0 Å². The highest BCUT2D eigenvalue weighted by Crippen LogP contribution is 2.22. The number of carbonyl (C=O) groups excluding carboxylic acids is 1. The first-order valence-electron chi connectivity index (χ1n) is 8.50. The fraction of sp³-hybridized carbons (Fsp3) is 0.474. The molecule has 0 saturated heterocycles. The average Bonchev–Trinajstić information content (AvgIpc) is 2.91. The molecule has 0 aliphatic carbocycles. The molecular formula is C19H27N3OS. The molecule has 1 amide bonds. The fourth-order valence-corrected chi connectivity index (χ4v) is 3.85. The van der Waals surface area contributed by atoms with Crippen LogP contribution in [0.15, 0.2) is 30.3 Å². The normalized spacial score (nSPS) is 11.0.